The van der Waals surface area contributed by atoms with E-state index in [0.29, 0.717) is 12.0 Å². The zero-order chi connectivity index (χ0) is 10.8. The number of likely N-dealkylation sites (tertiary alicyclic amines) is 1. The van der Waals surface area contributed by atoms with Crippen LogP contribution >= 0.6 is 11.3 Å². The standard InChI is InChI=1S/C11H19N3S/c1-8-3-10(12)5-14(4-8)6-11-7-15-9(2)13-11/h7-8,10H,3-6,12H2,1-2H3. The second-order valence-electron chi connectivity index (χ2n) is 4.65. The smallest absolute Gasteiger partial charge is 0.0897 e. The van der Waals surface area contributed by atoms with Crippen molar-refractivity contribution in [3.05, 3.63) is 16.1 Å². The fraction of sp³-hybridized carbons (Fsp3) is 0.727. The van der Waals surface area contributed by atoms with Crippen molar-refractivity contribution in [2.45, 2.75) is 32.9 Å². The molecule has 0 aromatic carbocycles. The van der Waals surface area contributed by atoms with Gasteiger partial charge < -0.3 is 5.73 Å². The highest BCUT2D eigenvalue weighted by Crippen LogP contribution is 2.18. The van der Waals surface area contributed by atoms with Gasteiger partial charge in [-0.05, 0) is 19.3 Å². The average Bonchev–Trinajstić information content (AvgIpc) is 2.49. The Balaban J connectivity index is 1.94. The molecule has 0 bridgehead atoms. The lowest BCUT2D eigenvalue weighted by molar-refractivity contribution is 0.157. The Morgan fingerprint density at radius 2 is 2.40 bits per heavy atom. The maximum atomic E-state index is 6.01. The summed E-state index contributed by atoms with van der Waals surface area (Å²) in [6, 6.07) is 0.341. The minimum atomic E-state index is 0.341. The molecule has 2 unspecified atom stereocenters. The first-order chi connectivity index (χ1) is 7.13. The van der Waals surface area contributed by atoms with Crippen molar-refractivity contribution in [1.29, 1.82) is 0 Å². The van der Waals surface area contributed by atoms with Gasteiger partial charge >= 0.3 is 0 Å². The van der Waals surface area contributed by atoms with Crippen LogP contribution in [0.15, 0.2) is 5.38 Å². The van der Waals surface area contributed by atoms with Crippen molar-refractivity contribution in [3.8, 4) is 0 Å². The average molecular weight is 225 g/mol. The predicted octanol–water partition coefficient (Wildman–Crippen LogP) is 1.62. The van der Waals surface area contributed by atoms with Gasteiger partial charge in [-0.25, -0.2) is 4.98 Å². The maximum Gasteiger partial charge on any atom is 0.0897 e. The highest BCUT2D eigenvalue weighted by Gasteiger charge is 2.22. The lowest BCUT2D eigenvalue weighted by atomic mass is 9.96. The molecule has 2 heterocycles. The van der Waals surface area contributed by atoms with Crippen LogP contribution in [0.2, 0.25) is 0 Å². The molecule has 3 nitrogen and oxygen atoms in total. The van der Waals surface area contributed by atoms with Gasteiger partial charge in [0, 0.05) is 31.1 Å². The molecule has 2 N–H and O–H groups in total. The van der Waals surface area contributed by atoms with Crippen LogP contribution in [0.5, 0.6) is 0 Å². The molecule has 1 aromatic heterocycles. The topological polar surface area (TPSA) is 42.2 Å². The summed E-state index contributed by atoms with van der Waals surface area (Å²) >= 11 is 1.73. The summed E-state index contributed by atoms with van der Waals surface area (Å²) in [5.41, 5.74) is 7.21. The summed E-state index contributed by atoms with van der Waals surface area (Å²) in [6.45, 7) is 7.46. The van der Waals surface area contributed by atoms with Gasteiger partial charge in [0.2, 0.25) is 0 Å². The molecule has 84 valence electrons. The third-order valence-electron chi connectivity index (χ3n) is 2.82. The molecule has 15 heavy (non-hydrogen) atoms. The third-order valence-corrected chi connectivity index (χ3v) is 3.64. The van der Waals surface area contributed by atoms with Gasteiger partial charge in [-0.3, -0.25) is 4.90 Å². The lowest BCUT2D eigenvalue weighted by Gasteiger charge is -2.34. The Bertz CT molecular complexity index is 313. The molecule has 1 aromatic rings. The summed E-state index contributed by atoms with van der Waals surface area (Å²) in [4.78, 5) is 6.91. The third kappa shape index (κ3) is 3.00. The normalized spacial score (nSPS) is 28.2. The summed E-state index contributed by atoms with van der Waals surface area (Å²) in [5, 5.41) is 3.31. The van der Waals surface area contributed by atoms with E-state index in [1.54, 1.807) is 11.3 Å². The molecule has 1 fully saturated rings. The number of piperidine rings is 1. The molecule has 4 heteroatoms. The monoisotopic (exact) mass is 225 g/mol. The van der Waals surface area contributed by atoms with E-state index in [-0.39, 0.29) is 0 Å². The molecule has 0 amide bonds. The zero-order valence-corrected chi connectivity index (χ0v) is 10.3. The van der Waals surface area contributed by atoms with Crippen LogP contribution in [0, 0.1) is 12.8 Å². The molecular formula is C11H19N3S. The number of rotatable bonds is 2. The van der Waals surface area contributed by atoms with E-state index in [1.807, 2.05) is 0 Å². The molecule has 0 saturated carbocycles. The van der Waals surface area contributed by atoms with Crippen molar-refractivity contribution in [3.63, 3.8) is 0 Å². The second kappa shape index (κ2) is 4.60. The molecule has 1 saturated heterocycles. The summed E-state index contributed by atoms with van der Waals surface area (Å²) < 4.78 is 0. The van der Waals surface area contributed by atoms with Crippen LogP contribution in [-0.2, 0) is 6.54 Å². The summed E-state index contributed by atoms with van der Waals surface area (Å²) in [6.07, 6.45) is 1.16. The SMILES string of the molecule is Cc1nc(CN2CC(C)CC(N)C2)cs1. The van der Waals surface area contributed by atoms with Crippen LogP contribution in [0.4, 0.5) is 0 Å². The first kappa shape index (κ1) is 11.0. The molecule has 2 atom stereocenters. The Morgan fingerprint density at radius 3 is 3.00 bits per heavy atom. The van der Waals surface area contributed by atoms with Crippen LogP contribution < -0.4 is 5.73 Å². The quantitative estimate of drug-likeness (QED) is 0.831. The Labute approximate surface area is 95.3 Å². The van der Waals surface area contributed by atoms with E-state index < -0.39 is 0 Å². The molecule has 1 aliphatic rings. The van der Waals surface area contributed by atoms with Gasteiger partial charge in [-0.1, -0.05) is 6.92 Å². The van der Waals surface area contributed by atoms with Crippen molar-refractivity contribution in [1.82, 2.24) is 9.88 Å². The van der Waals surface area contributed by atoms with Gasteiger partial charge in [-0.15, -0.1) is 11.3 Å². The molecule has 1 aliphatic heterocycles. The Hall–Kier alpha value is -0.450. The summed E-state index contributed by atoms with van der Waals surface area (Å²) in [7, 11) is 0. The molecule has 2 rings (SSSR count). The van der Waals surface area contributed by atoms with Crippen LogP contribution in [0.25, 0.3) is 0 Å². The summed E-state index contributed by atoms with van der Waals surface area (Å²) in [5.74, 6) is 0.716. The zero-order valence-electron chi connectivity index (χ0n) is 9.44. The number of hydrogen-bond donors (Lipinski definition) is 1. The van der Waals surface area contributed by atoms with Crippen LogP contribution in [-0.4, -0.2) is 29.0 Å². The highest BCUT2D eigenvalue weighted by atomic mass is 32.1. The highest BCUT2D eigenvalue weighted by molar-refractivity contribution is 7.09. The number of nitrogens with two attached hydrogens (primary N) is 1. The molecule has 0 spiro atoms. The van der Waals surface area contributed by atoms with E-state index in [0.717, 1.165) is 31.1 Å². The molecule has 0 aliphatic carbocycles. The van der Waals surface area contributed by atoms with Crippen molar-refractivity contribution < 1.29 is 0 Å². The van der Waals surface area contributed by atoms with Gasteiger partial charge in [0.05, 0.1) is 10.7 Å². The molecular weight excluding hydrogens is 206 g/mol. The Morgan fingerprint density at radius 1 is 1.60 bits per heavy atom. The van der Waals surface area contributed by atoms with Gasteiger partial charge in [0.1, 0.15) is 0 Å². The molecule has 0 radical (unpaired) electrons. The van der Waals surface area contributed by atoms with Gasteiger partial charge in [-0.2, -0.15) is 0 Å². The number of aromatic nitrogens is 1. The second-order valence-corrected chi connectivity index (χ2v) is 5.72. The van der Waals surface area contributed by atoms with Crippen molar-refractivity contribution in [2.24, 2.45) is 11.7 Å². The van der Waals surface area contributed by atoms with E-state index >= 15 is 0 Å². The fourth-order valence-electron chi connectivity index (χ4n) is 2.35. The minimum absolute atomic E-state index is 0.341. The number of hydrogen-bond acceptors (Lipinski definition) is 4. The van der Waals surface area contributed by atoms with E-state index in [4.69, 9.17) is 5.73 Å². The minimum Gasteiger partial charge on any atom is -0.327 e. The van der Waals surface area contributed by atoms with Crippen LogP contribution in [0.1, 0.15) is 24.0 Å². The fourth-order valence-corrected chi connectivity index (χ4v) is 2.96. The number of aryl methyl sites for hydroxylation is 1. The largest absolute Gasteiger partial charge is 0.327 e. The first-order valence-electron chi connectivity index (χ1n) is 5.52. The lowest BCUT2D eigenvalue weighted by Crippen LogP contribution is -2.45. The Kier molecular flexibility index (Phi) is 3.38. The van der Waals surface area contributed by atoms with E-state index in [9.17, 15) is 0 Å². The van der Waals surface area contributed by atoms with Gasteiger partial charge in [0.25, 0.3) is 0 Å². The van der Waals surface area contributed by atoms with Crippen molar-refractivity contribution >= 4 is 11.3 Å². The predicted molar refractivity (Wildman–Crippen MR) is 63.9 cm³/mol. The number of thiazole rings is 1. The maximum absolute atomic E-state index is 6.01. The van der Waals surface area contributed by atoms with Gasteiger partial charge in [0.15, 0.2) is 0 Å². The van der Waals surface area contributed by atoms with Crippen LogP contribution in [0.3, 0.4) is 0 Å². The van der Waals surface area contributed by atoms with E-state index in [1.165, 1.54) is 5.69 Å². The van der Waals surface area contributed by atoms with Crippen molar-refractivity contribution in [2.75, 3.05) is 13.1 Å². The first-order valence-corrected chi connectivity index (χ1v) is 6.40. The van der Waals surface area contributed by atoms with E-state index in [2.05, 4.69) is 29.1 Å². The number of nitrogens with zero attached hydrogens (tertiary/aromatic N) is 2.